The van der Waals surface area contributed by atoms with Crippen LogP contribution in [0.3, 0.4) is 0 Å². The Kier molecular flexibility index (Phi) is 4.76. The molecule has 1 saturated heterocycles. The van der Waals surface area contributed by atoms with Crippen LogP contribution in [0, 0.1) is 5.92 Å². The highest BCUT2D eigenvalue weighted by Crippen LogP contribution is 2.23. The predicted octanol–water partition coefficient (Wildman–Crippen LogP) is -0.358. The SMILES string of the molecule is O=C(NC[C@@H]1CCCC[C@H]1O)[C@H]1CNCCO1. The Balaban J connectivity index is 1.71. The maximum absolute atomic E-state index is 11.8. The van der Waals surface area contributed by atoms with Crippen molar-refractivity contribution in [1.29, 1.82) is 0 Å². The fourth-order valence-electron chi connectivity index (χ4n) is 2.51. The number of aliphatic hydroxyl groups is 1. The molecule has 0 aromatic rings. The van der Waals surface area contributed by atoms with Crippen molar-refractivity contribution in [3.63, 3.8) is 0 Å². The van der Waals surface area contributed by atoms with Gasteiger partial charge < -0.3 is 20.5 Å². The number of hydrogen-bond donors (Lipinski definition) is 3. The van der Waals surface area contributed by atoms with Gasteiger partial charge in [0.1, 0.15) is 6.10 Å². The standard InChI is InChI=1S/C12H22N2O3/c15-10-4-2-1-3-9(10)7-14-12(16)11-8-13-5-6-17-11/h9-11,13,15H,1-8H2,(H,14,16)/t9-,10+,11+/m0/s1. The van der Waals surface area contributed by atoms with E-state index in [9.17, 15) is 9.90 Å². The lowest BCUT2D eigenvalue weighted by atomic mass is 9.86. The number of ether oxygens (including phenoxy) is 1. The number of nitrogens with one attached hydrogen (secondary N) is 2. The van der Waals surface area contributed by atoms with E-state index in [0.29, 0.717) is 19.7 Å². The monoisotopic (exact) mass is 242 g/mol. The maximum Gasteiger partial charge on any atom is 0.250 e. The van der Waals surface area contributed by atoms with Crippen molar-refractivity contribution in [2.24, 2.45) is 5.92 Å². The molecule has 3 N–H and O–H groups in total. The smallest absolute Gasteiger partial charge is 0.250 e. The molecular formula is C12H22N2O3. The van der Waals surface area contributed by atoms with E-state index < -0.39 is 0 Å². The van der Waals surface area contributed by atoms with Crippen molar-refractivity contribution in [2.45, 2.75) is 37.9 Å². The van der Waals surface area contributed by atoms with E-state index in [4.69, 9.17) is 4.74 Å². The first kappa shape index (κ1) is 12.8. The van der Waals surface area contributed by atoms with E-state index in [1.807, 2.05) is 0 Å². The zero-order valence-electron chi connectivity index (χ0n) is 10.2. The van der Waals surface area contributed by atoms with Crippen LogP contribution < -0.4 is 10.6 Å². The van der Waals surface area contributed by atoms with Crippen LogP contribution >= 0.6 is 0 Å². The topological polar surface area (TPSA) is 70.6 Å². The summed E-state index contributed by atoms with van der Waals surface area (Å²) in [7, 11) is 0. The molecule has 1 aliphatic carbocycles. The molecule has 3 atom stereocenters. The van der Waals surface area contributed by atoms with Gasteiger partial charge in [0, 0.05) is 25.6 Å². The molecule has 17 heavy (non-hydrogen) atoms. The summed E-state index contributed by atoms with van der Waals surface area (Å²) in [6.07, 6.45) is 3.49. The van der Waals surface area contributed by atoms with E-state index in [1.54, 1.807) is 0 Å². The fourth-order valence-corrected chi connectivity index (χ4v) is 2.51. The molecule has 5 heteroatoms. The summed E-state index contributed by atoms with van der Waals surface area (Å²) in [5, 5.41) is 15.8. The zero-order valence-corrected chi connectivity index (χ0v) is 10.2. The molecule has 1 aliphatic heterocycles. The van der Waals surface area contributed by atoms with Gasteiger partial charge >= 0.3 is 0 Å². The Morgan fingerprint density at radius 3 is 2.94 bits per heavy atom. The Bertz CT molecular complexity index is 254. The molecule has 0 unspecified atom stereocenters. The molecule has 0 radical (unpaired) electrons. The minimum atomic E-state index is -0.371. The molecule has 1 saturated carbocycles. The molecule has 98 valence electrons. The molecular weight excluding hydrogens is 220 g/mol. The highest BCUT2D eigenvalue weighted by Gasteiger charge is 2.26. The molecule has 2 aliphatic rings. The van der Waals surface area contributed by atoms with Crippen LogP contribution in [0.15, 0.2) is 0 Å². The van der Waals surface area contributed by atoms with E-state index >= 15 is 0 Å². The van der Waals surface area contributed by atoms with Gasteiger partial charge in [0.2, 0.25) is 5.91 Å². The first-order valence-corrected chi connectivity index (χ1v) is 6.55. The van der Waals surface area contributed by atoms with Gasteiger partial charge in [0.05, 0.1) is 12.7 Å². The predicted molar refractivity (Wildman–Crippen MR) is 63.6 cm³/mol. The second-order valence-corrected chi connectivity index (χ2v) is 4.92. The van der Waals surface area contributed by atoms with Crippen molar-refractivity contribution < 1.29 is 14.6 Å². The van der Waals surface area contributed by atoms with E-state index in [-0.39, 0.29) is 24.0 Å². The number of carbonyl (C=O) groups excluding carboxylic acids is 1. The fraction of sp³-hybridized carbons (Fsp3) is 0.917. The van der Waals surface area contributed by atoms with Gasteiger partial charge in [-0.1, -0.05) is 12.8 Å². The summed E-state index contributed by atoms with van der Waals surface area (Å²) in [6, 6.07) is 0. The Morgan fingerprint density at radius 1 is 1.41 bits per heavy atom. The first-order valence-electron chi connectivity index (χ1n) is 6.55. The lowest BCUT2D eigenvalue weighted by Gasteiger charge is -2.29. The van der Waals surface area contributed by atoms with Crippen LogP contribution in [0.25, 0.3) is 0 Å². The number of rotatable bonds is 3. The third kappa shape index (κ3) is 3.66. The number of amides is 1. The van der Waals surface area contributed by atoms with Gasteiger partial charge in [-0.2, -0.15) is 0 Å². The van der Waals surface area contributed by atoms with Crippen molar-refractivity contribution in [3.05, 3.63) is 0 Å². The van der Waals surface area contributed by atoms with Crippen LogP contribution in [-0.4, -0.2) is 49.5 Å². The lowest BCUT2D eigenvalue weighted by Crippen LogP contribution is -2.49. The summed E-state index contributed by atoms with van der Waals surface area (Å²) >= 11 is 0. The van der Waals surface area contributed by atoms with Crippen LogP contribution in [-0.2, 0) is 9.53 Å². The average molecular weight is 242 g/mol. The highest BCUT2D eigenvalue weighted by atomic mass is 16.5. The van der Waals surface area contributed by atoms with Gasteiger partial charge in [-0.15, -0.1) is 0 Å². The molecule has 0 bridgehead atoms. The highest BCUT2D eigenvalue weighted by molar-refractivity contribution is 5.81. The van der Waals surface area contributed by atoms with Crippen molar-refractivity contribution >= 4 is 5.91 Å². The van der Waals surface area contributed by atoms with Crippen LogP contribution in [0.1, 0.15) is 25.7 Å². The number of hydrogen-bond acceptors (Lipinski definition) is 4. The van der Waals surface area contributed by atoms with Crippen molar-refractivity contribution in [1.82, 2.24) is 10.6 Å². The lowest BCUT2D eigenvalue weighted by molar-refractivity contribution is -0.134. The van der Waals surface area contributed by atoms with Crippen LogP contribution in [0.4, 0.5) is 0 Å². The van der Waals surface area contributed by atoms with Crippen molar-refractivity contribution in [3.8, 4) is 0 Å². The van der Waals surface area contributed by atoms with Gasteiger partial charge in [-0.05, 0) is 12.8 Å². The van der Waals surface area contributed by atoms with Crippen LogP contribution in [0.2, 0.25) is 0 Å². The second-order valence-electron chi connectivity index (χ2n) is 4.92. The molecule has 2 rings (SSSR count). The second kappa shape index (κ2) is 6.33. The quantitative estimate of drug-likeness (QED) is 0.632. The molecule has 0 spiro atoms. The summed E-state index contributed by atoms with van der Waals surface area (Å²) < 4.78 is 5.37. The van der Waals surface area contributed by atoms with Gasteiger partial charge in [0.15, 0.2) is 0 Å². The Hall–Kier alpha value is -0.650. The number of aliphatic hydroxyl groups excluding tert-OH is 1. The van der Waals surface area contributed by atoms with Gasteiger partial charge in [-0.3, -0.25) is 4.79 Å². The number of carbonyl (C=O) groups is 1. The minimum absolute atomic E-state index is 0.0602. The molecule has 0 aromatic heterocycles. The third-order valence-electron chi connectivity index (χ3n) is 3.63. The summed E-state index contributed by atoms with van der Waals surface area (Å²) in [5.74, 6) is 0.152. The number of morpholine rings is 1. The largest absolute Gasteiger partial charge is 0.393 e. The summed E-state index contributed by atoms with van der Waals surface area (Å²) in [5.41, 5.74) is 0. The van der Waals surface area contributed by atoms with Gasteiger partial charge in [-0.25, -0.2) is 0 Å². The molecule has 1 heterocycles. The van der Waals surface area contributed by atoms with Crippen LogP contribution in [0.5, 0.6) is 0 Å². The first-order chi connectivity index (χ1) is 8.27. The Morgan fingerprint density at radius 2 is 2.24 bits per heavy atom. The van der Waals surface area contributed by atoms with E-state index in [0.717, 1.165) is 32.2 Å². The molecule has 0 aromatic carbocycles. The van der Waals surface area contributed by atoms with E-state index in [1.165, 1.54) is 0 Å². The van der Waals surface area contributed by atoms with Gasteiger partial charge in [0.25, 0.3) is 0 Å². The molecule has 1 amide bonds. The summed E-state index contributed by atoms with van der Waals surface area (Å²) in [6.45, 7) is 2.55. The molecule has 2 fully saturated rings. The van der Waals surface area contributed by atoms with E-state index in [2.05, 4.69) is 10.6 Å². The van der Waals surface area contributed by atoms with Crippen molar-refractivity contribution in [2.75, 3.05) is 26.2 Å². The Labute approximate surface area is 102 Å². The summed E-state index contributed by atoms with van der Waals surface area (Å²) in [4.78, 5) is 11.8. The normalized spacial score (nSPS) is 34.3. The molecule has 5 nitrogen and oxygen atoms in total. The minimum Gasteiger partial charge on any atom is -0.393 e. The zero-order chi connectivity index (χ0) is 12.1. The maximum atomic E-state index is 11.8. The third-order valence-corrected chi connectivity index (χ3v) is 3.63. The average Bonchev–Trinajstić information content (AvgIpc) is 2.38.